The van der Waals surface area contributed by atoms with Crippen molar-refractivity contribution in [2.24, 2.45) is 0 Å². The zero-order valence-electron chi connectivity index (χ0n) is 10.1. The Bertz CT molecular complexity index is 671. The number of imidazole rings is 1. The van der Waals surface area contributed by atoms with Crippen LogP contribution >= 0.6 is 11.3 Å². The quantitative estimate of drug-likeness (QED) is 0.783. The van der Waals surface area contributed by atoms with Crippen molar-refractivity contribution in [3.8, 4) is 0 Å². The Morgan fingerprint density at radius 2 is 2.17 bits per heavy atom. The highest BCUT2D eigenvalue weighted by molar-refractivity contribution is 7.10. The molecule has 4 heteroatoms. The van der Waals surface area contributed by atoms with Crippen LogP contribution in [-0.4, -0.2) is 14.7 Å². The minimum absolute atomic E-state index is 0.470. The van der Waals surface area contributed by atoms with Crippen LogP contribution < -0.4 is 0 Å². The molecule has 92 valence electrons. The molecule has 0 saturated carbocycles. The van der Waals surface area contributed by atoms with E-state index in [4.69, 9.17) is 0 Å². The number of hydrogen-bond acceptors (Lipinski definition) is 3. The molecular weight excluding hydrogens is 244 g/mol. The van der Waals surface area contributed by atoms with Crippen LogP contribution in [0.5, 0.6) is 0 Å². The lowest BCUT2D eigenvalue weighted by Crippen LogP contribution is -2.07. The molecule has 0 bridgehead atoms. The summed E-state index contributed by atoms with van der Waals surface area (Å²) in [5.74, 6) is 0. The van der Waals surface area contributed by atoms with E-state index in [2.05, 4.69) is 4.98 Å². The van der Waals surface area contributed by atoms with Gasteiger partial charge >= 0.3 is 0 Å². The Hall–Kier alpha value is -1.65. The van der Waals surface area contributed by atoms with Crippen molar-refractivity contribution in [2.45, 2.75) is 19.6 Å². The molecule has 0 fully saturated rings. The summed E-state index contributed by atoms with van der Waals surface area (Å²) in [6.45, 7) is 2.57. The highest BCUT2D eigenvalue weighted by Gasteiger charge is 2.13. The number of hydrogen-bond donors (Lipinski definition) is 1. The summed E-state index contributed by atoms with van der Waals surface area (Å²) in [6.07, 6.45) is 1.32. The summed E-state index contributed by atoms with van der Waals surface area (Å²) in [5.41, 5.74) is 3.18. The fourth-order valence-corrected chi connectivity index (χ4v) is 3.06. The largest absolute Gasteiger partial charge is 0.386 e. The zero-order valence-corrected chi connectivity index (χ0v) is 10.9. The number of rotatable bonds is 3. The maximum Gasteiger partial charge on any atom is 0.106 e. The maximum absolute atomic E-state index is 10.3. The Kier molecular flexibility index (Phi) is 2.89. The molecule has 0 amide bonds. The summed E-state index contributed by atoms with van der Waals surface area (Å²) in [4.78, 5) is 5.37. The fourth-order valence-electron chi connectivity index (χ4n) is 2.15. The number of aliphatic hydroxyl groups is 1. The van der Waals surface area contributed by atoms with Gasteiger partial charge in [-0.15, -0.1) is 11.3 Å². The number of nitrogens with zero attached hydrogens (tertiary/aromatic N) is 2. The number of aliphatic hydroxyl groups excluding tert-OH is 1. The van der Waals surface area contributed by atoms with Crippen LogP contribution in [0.15, 0.2) is 42.0 Å². The number of aryl methyl sites for hydroxylation is 1. The second kappa shape index (κ2) is 4.55. The van der Waals surface area contributed by atoms with Gasteiger partial charge in [0.05, 0.1) is 23.9 Å². The van der Waals surface area contributed by atoms with Crippen LogP contribution in [0.3, 0.4) is 0 Å². The third kappa shape index (κ3) is 1.94. The van der Waals surface area contributed by atoms with Crippen molar-refractivity contribution in [3.05, 3.63) is 52.5 Å². The van der Waals surface area contributed by atoms with Crippen molar-refractivity contribution in [1.29, 1.82) is 0 Å². The topological polar surface area (TPSA) is 38.0 Å². The van der Waals surface area contributed by atoms with E-state index >= 15 is 0 Å². The van der Waals surface area contributed by atoms with Crippen LogP contribution in [0.4, 0.5) is 0 Å². The molecule has 3 rings (SSSR count). The molecule has 2 heterocycles. The average molecular weight is 258 g/mol. The van der Waals surface area contributed by atoms with E-state index in [0.29, 0.717) is 6.54 Å². The highest BCUT2D eigenvalue weighted by Crippen LogP contribution is 2.26. The van der Waals surface area contributed by atoms with Gasteiger partial charge in [-0.05, 0) is 36.1 Å². The molecule has 2 aromatic heterocycles. The van der Waals surface area contributed by atoms with E-state index < -0.39 is 6.10 Å². The van der Waals surface area contributed by atoms with Crippen molar-refractivity contribution in [2.75, 3.05) is 0 Å². The summed E-state index contributed by atoms with van der Waals surface area (Å²) in [5, 5.41) is 12.3. The molecule has 0 aliphatic carbocycles. The zero-order chi connectivity index (χ0) is 12.5. The van der Waals surface area contributed by atoms with E-state index in [9.17, 15) is 5.11 Å². The SMILES string of the molecule is Cc1ccsc1C(O)Cn1cnc2ccccc21. The van der Waals surface area contributed by atoms with Gasteiger partial charge in [-0.2, -0.15) is 0 Å². The molecule has 0 saturated heterocycles. The van der Waals surface area contributed by atoms with Crippen LogP contribution in [0.25, 0.3) is 11.0 Å². The average Bonchev–Trinajstić information content (AvgIpc) is 2.97. The first-order chi connectivity index (χ1) is 8.75. The van der Waals surface area contributed by atoms with Gasteiger partial charge in [-0.25, -0.2) is 4.98 Å². The summed E-state index contributed by atoms with van der Waals surface area (Å²) < 4.78 is 2.00. The molecule has 0 radical (unpaired) electrons. The molecule has 3 aromatic rings. The smallest absolute Gasteiger partial charge is 0.106 e. The number of benzene rings is 1. The predicted octanol–water partition coefficient (Wildman–Crippen LogP) is 3.14. The van der Waals surface area contributed by atoms with Gasteiger partial charge in [-0.1, -0.05) is 12.1 Å². The summed E-state index contributed by atoms with van der Waals surface area (Å²) in [6, 6.07) is 10.0. The van der Waals surface area contributed by atoms with Crippen LogP contribution in [0.1, 0.15) is 16.5 Å². The van der Waals surface area contributed by atoms with Gasteiger partial charge in [0, 0.05) is 4.88 Å². The van der Waals surface area contributed by atoms with Gasteiger partial charge in [0.2, 0.25) is 0 Å². The van der Waals surface area contributed by atoms with Crippen LogP contribution in [0, 0.1) is 6.92 Å². The van der Waals surface area contributed by atoms with Crippen LogP contribution in [0.2, 0.25) is 0 Å². The van der Waals surface area contributed by atoms with Crippen molar-refractivity contribution in [3.63, 3.8) is 0 Å². The van der Waals surface area contributed by atoms with Gasteiger partial charge < -0.3 is 9.67 Å². The second-order valence-corrected chi connectivity index (χ2v) is 5.32. The number of thiophene rings is 1. The van der Waals surface area contributed by atoms with E-state index in [1.807, 2.05) is 47.2 Å². The molecule has 18 heavy (non-hydrogen) atoms. The Morgan fingerprint density at radius 1 is 1.33 bits per heavy atom. The van der Waals surface area contributed by atoms with Gasteiger partial charge in [-0.3, -0.25) is 0 Å². The molecule has 0 aliphatic rings. The molecular formula is C14H14N2OS. The minimum atomic E-state index is -0.470. The molecule has 3 nitrogen and oxygen atoms in total. The predicted molar refractivity (Wildman–Crippen MR) is 73.7 cm³/mol. The Balaban J connectivity index is 1.91. The van der Waals surface area contributed by atoms with Gasteiger partial charge in [0.15, 0.2) is 0 Å². The Labute approximate surface area is 109 Å². The number of aromatic nitrogens is 2. The van der Waals surface area contributed by atoms with Gasteiger partial charge in [0.1, 0.15) is 6.10 Å². The highest BCUT2D eigenvalue weighted by atomic mass is 32.1. The molecule has 1 N–H and O–H groups in total. The molecule has 0 spiro atoms. The van der Waals surface area contributed by atoms with Crippen molar-refractivity contribution < 1.29 is 5.11 Å². The lowest BCUT2D eigenvalue weighted by molar-refractivity contribution is 0.161. The molecule has 1 atom stereocenters. The number of para-hydroxylation sites is 2. The molecule has 0 aliphatic heterocycles. The van der Waals surface area contributed by atoms with Crippen molar-refractivity contribution >= 4 is 22.4 Å². The van der Waals surface area contributed by atoms with Gasteiger partial charge in [0.25, 0.3) is 0 Å². The summed E-state index contributed by atoms with van der Waals surface area (Å²) >= 11 is 1.60. The van der Waals surface area contributed by atoms with Crippen molar-refractivity contribution in [1.82, 2.24) is 9.55 Å². The number of fused-ring (bicyclic) bond motifs is 1. The second-order valence-electron chi connectivity index (χ2n) is 4.37. The normalized spacial score (nSPS) is 13.0. The summed E-state index contributed by atoms with van der Waals surface area (Å²) in [7, 11) is 0. The van der Waals surface area contributed by atoms with E-state index in [0.717, 1.165) is 21.5 Å². The lowest BCUT2D eigenvalue weighted by Gasteiger charge is -2.11. The first-order valence-electron chi connectivity index (χ1n) is 5.87. The third-order valence-electron chi connectivity index (χ3n) is 3.10. The third-order valence-corrected chi connectivity index (χ3v) is 4.22. The Morgan fingerprint density at radius 3 is 2.94 bits per heavy atom. The van der Waals surface area contributed by atoms with E-state index in [1.54, 1.807) is 17.7 Å². The van der Waals surface area contributed by atoms with E-state index in [1.165, 1.54) is 0 Å². The first-order valence-corrected chi connectivity index (χ1v) is 6.75. The molecule has 1 aromatic carbocycles. The van der Waals surface area contributed by atoms with E-state index in [-0.39, 0.29) is 0 Å². The minimum Gasteiger partial charge on any atom is -0.386 e. The monoisotopic (exact) mass is 258 g/mol. The lowest BCUT2D eigenvalue weighted by atomic mass is 10.2. The molecule has 1 unspecified atom stereocenters. The van der Waals surface area contributed by atoms with Crippen LogP contribution in [-0.2, 0) is 6.54 Å². The maximum atomic E-state index is 10.3. The fraction of sp³-hybridized carbons (Fsp3) is 0.214. The first kappa shape index (κ1) is 11.4. The standard InChI is InChI=1S/C14H14N2OS/c1-10-6-7-18-14(10)13(17)8-16-9-15-11-4-2-3-5-12(11)16/h2-7,9,13,17H,8H2,1H3.